The van der Waals surface area contributed by atoms with Crippen LogP contribution < -0.4 is 4.74 Å². The van der Waals surface area contributed by atoms with E-state index in [0.29, 0.717) is 11.3 Å². The number of nitrogens with zero attached hydrogens (tertiary/aromatic N) is 1. The molecule has 0 aliphatic rings. The number of carbonyl (C=O) groups is 1. The van der Waals surface area contributed by atoms with Crippen LogP contribution in [0.25, 0.3) is 10.6 Å². The van der Waals surface area contributed by atoms with Gasteiger partial charge in [-0.25, -0.2) is 9.78 Å². The van der Waals surface area contributed by atoms with Gasteiger partial charge in [0.15, 0.2) is 0 Å². The molecule has 6 heteroatoms. The van der Waals surface area contributed by atoms with Crippen LogP contribution in [0.1, 0.15) is 16.1 Å². The Morgan fingerprint density at radius 2 is 2.00 bits per heavy atom. The maximum absolute atomic E-state index is 11.9. The maximum atomic E-state index is 11.9. The van der Waals surface area contributed by atoms with E-state index in [-0.39, 0.29) is 12.4 Å². The van der Waals surface area contributed by atoms with Crippen LogP contribution in [0.3, 0.4) is 0 Å². The molecule has 122 valence electrons. The number of methoxy groups -OCH3 is 1. The van der Waals surface area contributed by atoms with E-state index in [1.165, 1.54) is 23.5 Å². The molecular formula is C18H15NO4S. The van der Waals surface area contributed by atoms with Crippen LogP contribution in [0.15, 0.2) is 53.9 Å². The second kappa shape index (κ2) is 7.14. The number of ether oxygens (including phenoxy) is 2. The fourth-order valence-corrected chi connectivity index (χ4v) is 2.91. The standard InChI is InChI=1S/C18H15NO4S/c1-22-16-7-5-12(6-8-16)17-19-14(11-24-17)10-23-18(21)13-3-2-4-15(20)9-13/h2-9,11,20H,10H2,1H3. The molecule has 0 amide bonds. The summed E-state index contributed by atoms with van der Waals surface area (Å²) in [4.78, 5) is 16.4. The second-order valence-electron chi connectivity index (χ2n) is 5.00. The third-order valence-electron chi connectivity index (χ3n) is 3.32. The van der Waals surface area contributed by atoms with Gasteiger partial charge in [-0.2, -0.15) is 0 Å². The van der Waals surface area contributed by atoms with E-state index in [1.54, 1.807) is 19.2 Å². The molecule has 0 saturated heterocycles. The average Bonchev–Trinajstić information content (AvgIpc) is 3.09. The number of benzene rings is 2. The largest absolute Gasteiger partial charge is 0.508 e. The highest BCUT2D eigenvalue weighted by Gasteiger charge is 2.10. The van der Waals surface area contributed by atoms with Gasteiger partial charge in [0.25, 0.3) is 0 Å². The van der Waals surface area contributed by atoms with Crippen molar-refractivity contribution < 1.29 is 19.4 Å². The number of thiazole rings is 1. The van der Waals surface area contributed by atoms with Gasteiger partial charge in [-0.15, -0.1) is 11.3 Å². The van der Waals surface area contributed by atoms with Gasteiger partial charge in [0, 0.05) is 10.9 Å². The Hall–Kier alpha value is -2.86. The van der Waals surface area contributed by atoms with Gasteiger partial charge < -0.3 is 14.6 Å². The maximum Gasteiger partial charge on any atom is 0.338 e. The van der Waals surface area contributed by atoms with Crippen molar-refractivity contribution in [2.24, 2.45) is 0 Å². The van der Waals surface area contributed by atoms with Crippen LogP contribution >= 0.6 is 11.3 Å². The first-order valence-corrected chi connectivity index (χ1v) is 8.08. The lowest BCUT2D eigenvalue weighted by atomic mass is 10.2. The Balaban J connectivity index is 1.64. The number of aromatic hydroxyl groups is 1. The molecule has 0 spiro atoms. The zero-order chi connectivity index (χ0) is 16.9. The predicted molar refractivity (Wildman–Crippen MR) is 91.3 cm³/mol. The van der Waals surface area contributed by atoms with Crippen molar-refractivity contribution in [3.8, 4) is 22.1 Å². The smallest absolute Gasteiger partial charge is 0.338 e. The number of aromatic nitrogens is 1. The molecule has 3 rings (SSSR count). The van der Waals surface area contributed by atoms with Crippen molar-refractivity contribution in [3.05, 3.63) is 65.2 Å². The molecule has 5 nitrogen and oxygen atoms in total. The van der Waals surface area contributed by atoms with Crippen LogP contribution in [0.2, 0.25) is 0 Å². The minimum Gasteiger partial charge on any atom is -0.508 e. The number of phenols is 1. The summed E-state index contributed by atoms with van der Waals surface area (Å²) in [7, 11) is 1.62. The quantitative estimate of drug-likeness (QED) is 0.713. The van der Waals surface area contributed by atoms with Crippen molar-refractivity contribution in [2.75, 3.05) is 7.11 Å². The minimum absolute atomic E-state index is 0.0277. The van der Waals surface area contributed by atoms with E-state index < -0.39 is 5.97 Å². The van der Waals surface area contributed by atoms with Gasteiger partial charge in [0.05, 0.1) is 18.4 Å². The molecule has 24 heavy (non-hydrogen) atoms. The van der Waals surface area contributed by atoms with E-state index in [1.807, 2.05) is 29.6 Å². The average molecular weight is 341 g/mol. The first-order chi connectivity index (χ1) is 11.7. The van der Waals surface area contributed by atoms with E-state index in [0.717, 1.165) is 16.3 Å². The Labute approximate surface area is 143 Å². The third-order valence-corrected chi connectivity index (χ3v) is 4.26. The van der Waals surface area contributed by atoms with Crippen molar-refractivity contribution in [1.82, 2.24) is 4.98 Å². The topological polar surface area (TPSA) is 68.7 Å². The molecule has 1 aromatic heterocycles. The number of hydrogen-bond donors (Lipinski definition) is 1. The number of phenolic OH excluding ortho intramolecular Hbond substituents is 1. The summed E-state index contributed by atoms with van der Waals surface area (Å²) in [6.07, 6.45) is 0. The fraction of sp³-hybridized carbons (Fsp3) is 0.111. The molecule has 0 atom stereocenters. The van der Waals surface area contributed by atoms with E-state index in [2.05, 4.69) is 4.98 Å². The van der Waals surface area contributed by atoms with Crippen LogP contribution in [-0.2, 0) is 11.3 Å². The normalized spacial score (nSPS) is 10.4. The van der Waals surface area contributed by atoms with Gasteiger partial charge in [0.2, 0.25) is 0 Å². The van der Waals surface area contributed by atoms with Gasteiger partial charge in [-0.05, 0) is 42.5 Å². The Morgan fingerprint density at radius 1 is 1.21 bits per heavy atom. The lowest BCUT2D eigenvalue weighted by Gasteiger charge is -2.03. The summed E-state index contributed by atoms with van der Waals surface area (Å²) in [5, 5.41) is 12.1. The predicted octanol–water partition coefficient (Wildman–Crippen LogP) is 3.88. The van der Waals surface area contributed by atoms with Gasteiger partial charge in [0.1, 0.15) is 23.1 Å². The summed E-state index contributed by atoms with van der Waals surface area (Å²) >= 11 is 1.48. The third kappa shape index (κ3) is 3.72. The number of rotatable bonds is 5. The van der Waals surface area contributed by atoms with Crippen LogP contribution in [0, 0.1) is 0 Å². The lowest BCUT2D eigenvalue weighted by Crippen LogP contribution is -2.05. The van der Waals surface area contributed by atoms with Gasteiger partial charge in [-0.1, -0.05) is 6.07 Å². The molecule has 0 unspecified atom stereocenters. The summed E-state index contributed by atoms with van der Waals surface area (Å²) in [6, 6.07) is 13.7. The van der Waals surface area contributed by atoms with Crippen LogP contribution in [0.5, 0.6) is 11.5 Å². The van der Waals surface area contributed by atoms with E-state index in [9.17, 15) is 9.90 Å². The Morgan fingerprint density at radius 3 is 2.71 bits per heavy atom. The first-order valence-electron chi connectivity index (χ1n) is 7.20. The fourth-order valence-electron chi connectivity index (χ4n) is 2.10. The molecule has 1 heterocycles. The van der Waals surface area contributed by atoms with Gasteiger partial charge in [-0.3, -0.25) is 0 Å². The highest BCUT2D eigenvalue weighted by atomic mass is 32.1. The van der Waals surface area contributed by atoms with Crippen molar-refractivity contribution in [3.63, 3.8) is 0 Å². The van der Waals surface area contributed by atoms with Crippen LogP contribution in [-0.4, -0.2) is 23.2 Å². The molecule has 0 radical (unpaired) electrons. The molecule has 3 aromatic rings. The summed E-state index contributed by atoms with van der Waals surface area (Å²) in [5.74, 6) is 0.320. The molecular weight excluding hydrogens is 326 g/mol. The van der Waals surface area contributed by atoms with E-state index in [4.69, 9.17) is 9.47 Å². The van der Waals surface area contributed by atoms with Crippen LogP contribution in [0.4, 0.5) is 0 Å². The Kier molecular flexibility index (Phi) is 4.77. The zero-order valence-electron chi connectivity index (χ0n) is 12.9. The Bertz CT molecular complexity index is 842. The number of carbonyl (C=O) groups excluding carboxylic acids is 1. The lowest BCUT2D eigenvalue weighted by molar-refractivity contribution is 0.0468. The summed E-state index contributed by atoms with van der Waals surface area (Å²) < 4.78 is 10.4. The molecule has 2 aromatic carbocycles. The molecule has 0 aliphatic heterocycles. The first kappa shape index (κ1) is 16.0. The highest BCUT2D eigenvalue weighted by molar-refractivity contribution is 7.13. The highest BCUT2D eigenvalue weighted by Crippen LogP contribution is 2.26. The summed E-state index contributed by atoms with van der Waals surface area (Å²) in [5.41, 5.74) is 1.96. The molecule has 1 N–H and O–H groups in total. The second-order valence-corrected chi connectivity index (χ2v) is 5.86. The van der Waals surface area contributed by atoms with Gasteiger partial charge >= 0.3 is 5.97 Å². The SMILES string of the molecule is COc1ccc(-c2nc(COC(=O)c3cccc(O)c3)cs2)cc1. The van der Waals surface area contributed by atoms with E-state index >= 15 is 0 Å². The zero-order valence-corrected chi connectivity index (χ0v) is 13.7. The van der Waals surface area contributed by atoms with Crippen molar-refractivity contribution in [1.29, 1.82) is 0 Å². The van der Waals surface area contributed by atoms with Crippen molar-refractivity contribution >= 4 is 17.3 Å². The number of esters is 1. The van der Waals surface area contributed by atoms with Crippen molar-refractivity contribution in [2.45, 2.75) is 6.61 Å². The monoisotopic (exact) mass is 341 g/mol. The molecule has 0 aliphatic carbocycles. The molecule has 0 bridgehead atoms. The summed E-state index contributed by atoms with van der Waals surface area (Å²) in [6.45, 7) is 0.0845. The minimum atomic E-state index is -0.495. The molecule has 0 saturated carbocycles. The molecule has 0 fully saturated rings. The number of hydrogen-bond acceptors (Lipinski definition) is 6.